The lowest BCUT2D eigenvalue weighted by molar-refractivity contribution is 0.0994. The van der Waals surface area contributed by atoms with Crippen molar-refractivity contribution in [3.05, 3.63) is 82.4 Å². The second-order valence-electron chi connectivity index (χ2n) is 7.73. The highest BCUT2D eigenvalue weighted by atomic mass is 16.1. The van der Waals surface area contributed by atoms with Gasteiger partial charge in [0.2, 0.25) is 0 Å². The number of carbonyl (C=O) groups excluding carboxylic acids is 1. The van der Waals surface area contributed by atoms with Crippen LogP contribution in [0.4, 0.5) is 0 Å². The molecule has 5 rings (SSSR count). The lowest BCUT2D eigenvalue weighted by Gasteiger charge is -2.15. The Morgan fingerprint density at radius 1 is 1.14 bits per heavy atom. The van der Waals surface area contributed by atoms with E-state index < -0.39 is 5.91 Å². The fraction of sp³-hybridized carbons (Fsp3) is 0.261. The summed E-state index contributed by atoms with van der Waals surface area (Å²) >= 11 is 0. The highest BCUT2D eigenvalue weighted by Crippen LogP contribution is 2.42. The fourth-order valence-electron chi connectivity index (χ4n) is 4.14. The Labute approximate surface area is 163 Å². The van der Waals surface area contributed by atoms with E-state index in [1.165, 1.54) is 24.0 Å². The molecule has 0 unspecified atom stereocenters. The number of hydrogen-bond acceptors (Lipinski definition) is 3. The highest BCUT2D eigenvalue weighted by Gasteiger charge is 2.30. The van der Waals surface area contributed by atoms with Gasteiger partial charge in [-0.15, -0.1) is 0 Å². The van der Waals surface area contributed by atoms with Gasteiger partial charge in [-0.05, 0) is 55.9 Å². The third-order valence-corrected chi connectivity index (χ3v) is 5.74. The van der Waals surface area contributed by atoms with Crippen molar-refractivity contribution in [2.24, 2.45) is 10.7 Å². The first-order valence-corrected chi connectivity index (χ1v) is 9.70. The first kappa shape index (κ1) is 16.9. The minimum atomic E-state index is -0.522. The van der Waals surface area contributed by atoms with Gasteiger partial charge in [0.15, 0.2) is 5.69 Å². The molecule has 0 radical (unpaired) electrons. The molecule has 0 bridgehead atoms. The molecular formula is C23H22N4O. The molecule has 2 aromatic carbocycles. The summed E-state index contributed by atoms with van der Waals surface area (Å²) < 4.78 is 1.98. The van der Waals surface area contributed by atoms with E-state index >= 15 is 0 Å². The minimum Gasteiger partial charge on any atom is -0.364 e. The van der Waals surface area contributed by atoms with Crippen LogP contribution in [0.1, 0.15) is 70.2 Å². The van der Waals surface area contributed by atoms with Crippen molar-refractivity contribution < 1.29 is 4.79 Å². The summed E-state index contributed by atoms with van der Waals surface area (Å²) in [5, 5.41) is 0. The van der Waals surface area contributed by atoms with Crippen molar-refractivity contribution in [1.82, 2.24) is 9.55 Å². The van der Waals surface area contributed by atoms with Crippen LogP contribution < -0.4 is 5.73 Å². The summed E-state index contributed by atoms with van der Waals surface area (Å²) in [6.45, 7) is 4.10. The molecule has 0 saturated heterocycles. The number of rotatable bonds is 3. The first-order valence-electron chi connectivity index (χ1n) is 9.70. The second-order valence-corrected chi connectivity index (χ2v) is 7.73. The lowest BCUT2D eigenvalue weighted by Crippen LogP contribution is -2.15. The predicted molar refractivity (Wildman–Crippen MR) is 109 cm³/mol. The standard InChI is InChI=1S/C23H22N4O/c1-13-5-3-4-6-17(13)20-18-11-16(15-7-8-15)9-10-19(18)27-12-25-21(23(24)28)22(27)14(2)26-20/h3-6,9-12,14-15H,7-8H2,1-2H3,(H2,24,28)/t14-/m0/s1. The highest BCUT2D eigenvalue weighted by molar-refractivity contribution is 6.16. The van der Waals surface area contributed by atoms with Gasteiger partial charge in [-0.1, -0.05) is 30.3 Å². The number of primary amides is 1. The summed E-state index contributed by atoms with van der Waals surface area (Å²) in [7, 11) is 0. The van der Waals surface area contributed by atoms with Crippen LogP contribution in [-0.2, 0) is 0 Å². The molecule has 1 fully saturated rings. The molecule has 1 aliphatic heterocycles. The Bertz CT molecular complexity index is 1140. The minimum absolute atomic E-state index is 0.239. The molecular weight excluding hydrogens is 348 g/mol. The number of benzene rings is 2. The first-order chi connectivity index (χ1) is 13.5. The van der Waals surface area contributed by atoms with Crippen molar-refractivity contribution in [2.75, 3.05) is 0 Å². The SMILES string of the molecule is Cc1ccccc1C1=N[C@@H](C)c2c(C(N)=O)ncn2-c2ccc(C3CC3)cc21. The Balaban J connectivity index is 1.81. The number of hydrogen-bond donors (Lipinski definition) is 1. The van der Waals surface area contributed by atoms with Gasteiger partial charge in [-0.2, -0.15) is 0 Å². The van der Waals surface area contributed by atoms with Crippen LogP contribution in [0.25, 0.3) is 5.69 Å². The summed E-state index contributed by atoms with van der Waals surface area (Å²) in [6.07, 6.45) is 4.18. The van der Waals surface area contributed by atoms with E-state index in [9.17, 15) is 4.79 Å². The van der Waals surface area contributed by atoms with Crippen LogP contribution in [0.15, 0.2) is 53.8 Å². The Morgan fingerprint density at radius 2 is 1.93 bits per heavy atom. The maximum Gasteiger partial charge on any atom is 0.269 e. The van der Waals surface area contributed by atoms with Crippen molar-refractivity contribution in [3.63, 3.8) is 0 Å². The molecule has 2 aliphatic rings. The van der Waals surface area contributed by atoms with Crippen LogP contribution in [-0.4, -0.2) is 21.2 Å². The number of aliphatic imine (C=N–C) groups is 1. The van der Waals surface area contributed by atoms with E-state index in [1.54, 1.807) is 6.33 Å². The third-order valence-electron chi connectivity index (χ3n) is 5.74. The Morgan fingerprint density at radius 3 is 2.64 bits per heavy atom. The number of nitrogens with two attached hydrogens (primary N) is 1. The molecule has 1 saturated carbocycles. The Hall–Kier alpha value is -3.21. The largest absolute Gasteiger partial charge is 0.364 e. The van der Waals surface area contributed by atoms with Gasteiger partial charge in [-0.25, -0.2) is 4.98 Å². The topological polar surface area (TPSA) is 73.3 Å². The lowest BCUT2D eigenvalue weighted by atomic mass is 9.94. The molecule has 1 aromatic heterocycles. The van der Waals surface area contributed by atoms with Gasteiger partial charge in [0, 0.05) is 11.1 Å². The maximum atomic E-state index is 12.0. The average Bonchev–Trinajstić information content (AvgIpc) is 3.45. The number of aromatic nitrogens is 2. The molecule has 5 heteroatoms. The van der Waals surface area contributed by atoms with Gasteiger partial charge in [0.25, 0.3) is 5.91 Å². The summed E-state index contributed by atoms with van der Waals surface area (Å²) in [4.78, 5) is 21.3. The van der Waals surface area contributed by atoms with Crippen LogP contribution in [0.3, 0.4) is 0 Å². The molecule has 3 aromatic rings. The van der Waals surface area contributed by atoms with Crippen LogP contribution >= 0.6 is 0 Å². The van der Waals surface area contributed by atoms with Crippen LogP contribution in [0.2, 0.25) is 0 Å². The van der Waals surface area contributed by atoms with Gasteiger partial charge in [-0.3, -0.25) is 14.4 Å². The summed E-state index contributed by atoms with van der Waals surface area (Å²) in [6, 6.07) is 14.7. The van der Waals surface area contributed by atoms with E-state index in [4.69, 9.17) is 10.7 Å². The molecule has 1 amide bonds. The normalized spacial score (nSPS) is 18.1. The predicted octanol–water partition coefficient (Wildman–Crippen LogP) is 4.07. The number of imidazole rings is 1. The number of fused-ring (bicyclic) bond motifs is 3. The molecule has 0 spiro atoms. The van der Waals surface area contributed by atoms with Gasteiger partial charge in [0.05, 0.1) is 23.1 Å². The van der Waals surface area contributed by atoms with E-state index in [0.717, 1.165) is 28.2 Å². The third kappa shape index (κ3) is 2.58. The number of aryl methyl sites for hydroxylation is 1. The molecule has 5 nitrogen and oxygen atoms in total. The van der Waals surface area contributed by atoms with E-state index in [1.807, 2.05) is 23.6 Å². The average molecular weight is 370 g/mol. The zero-order chi connectivity index (χ0) is 19.4. The van der Waals surface area contributed by atoms with Crippen molar-refractivity contribution in [2.45, 2.75) is 38.6 Å². The molecule has 28 heavy (non-hydrogen) atoms. The van der Waals surface area contributed by atoms with Gasteiger partial charge >= 0.3 is 0 Å². The van der Waals surface area contributed by atoms with Gasteiger partial charge < -0.3 is 5.73 Å². The van der Waals surface area contributed by atoms with E-state index in [-0.39, 0.29) is 6.04 Å². The number of nitrogens with zero attached hydrogens (tertiary/aromatic N) is 3. The quantitative estimate of drug-likeness (QED) is 0.755. The van der Waals surface area contributed by atoms with Crippen LogP contribution in [0.5, 0.6) is 0 Å². The monoisotopic (exact) mass is 370 g/mol. The number of carbonyl (C=O) groups is 1. The van der Waals surface area contributed by atoms with Crippen molar-refractivity contribution in [3.8, 4) is 5.69 Å². The van der Waals surface area contributed by atoms with Crippen molar-refractivity contribution in [1.29, 1.82) is 0 Å². The molecule has 2 N–H and O–H groups in total. The summed E-state index contributed by atoms with van der Waals surface area (Å²) in [5.74, 6) is 0.124. The smallest absolute Gasteiger partial charge is 0.269 e. The zero-order valence-corrected chi connectivity index (χ0v) is 16.0. The molecule has 2 heterocycles. The molecule has 140 valence electrons. The zero-order valence-electron chi connectivity index (χ0n) is 16.0. The maximum absolute atomic E-state index is 12.0. The van der Waals surface area contributed by atoms with E-state index in [2.05, 4.69) is 42.2 Å². The fourth-order valence-corrected chi connectivity index (χ4v) is 4.14. The number of amides is 1. The summed E-state index contributed by atoms with van der Waals surface area (Å²) in [5.41, 5.74) is 13.3. The van der Waals surface area contributed by atoms with Crippen LogP contribution in [0, 0.1) is 6.92 Å². The van der Waals surface area contributed by atoms with Crippen molar-refractivity contribution >= 4 is 11.6 Å². The van der Waals surface area contributed by atoms with Gasteiger partial charge in [0.1, 0.15) is 6.33 Å². The molecule has 1 atom stereocenters. The van der Waals surface area contributed by atoms with E-state index in [0.29, 0.717) is 11.6 Å². The Kier molecular flexibility index (Phi) is 3.72. The molecule has 1 aliphatic carbocycles. The second kappa shape index (κ2) is 6.16.